The van der Waals surface area contributed by atoms with E-state index < -0.39 is 0 Å². The number of imidazole rings is 1. The minimum absolute atomic E-state index is 0.116. The van der Waals surface area contributed by atoms with Gasteiger partial charge in [0.2, 0.25) is 9.47 Å². The van der Waals surface area contributed by atoms with Crippen molar-refractivity contribution in [3.05, 3.63) is 27.7 Å². The molecule has 0 saturated heterocycles. The van der Waals surface area contributed by atoms with Gasteiger partial charge in [-0.1, -0.05) is 11.3 Å². The maximum atomic E-state index is 12.4. The molecule has 8 heteroatoms. The van der Waals surface area contributed by atoms with E-state index >= 15 is 0 Å². The molecule has 6 nitrogen and oxygen atoms in total. The van der Waals surface area contributed by atoms with Crippen LogP contribution in [-0.2, 0) is 13.6 Å². The molecular weight excluding hydrogens is 286 g/mol. The van der Waals surface area contributed by atoms with Crippen LogP contribution in [0, 0.1) is 0 Å². The summed E-state index contributed by atoms with van der Waals surface area (Å²) in [7, 11) is 1.92. The molecule has 3 rings (SSSR count). The van der Waals surface area contributed by atoms with Gasteiger partial charge in [-0.25, -0.2) is 4.98 Å². The number of aromatic nitrogens is 4. The van der Waals surface area contributed by atoms with E-state index in [2.05, 4.69) is 15.2 Å². The zero-order chi connectivity index (χ0) is 13.4. The molecule has 0 aromatic carbocycles. The van der Waals surface area contributed by atoms with Crippen LogP contribution in [0.15, 0.2) is 12.4 Å². The minimum Gasteiger partial charge on any atom is -0.337 e. The van der Waals surface area contributed by atoms with Gasteiger partial charge in [0.15, 0.2) is 0 Å². The highest BCUT2D eigenvalue weighted by atomic mass is 35.5. The molecule has 0 unspecified atom stereocenters. The van der Waals surface area contributed by atoms with E-state index in [4.69, 9.17) is 11.6 Å². The van der Waals surface area contributed by atoms with Crippen LogP contribution in [-0.4, -0.2) is 36.6 Å². The molecule has 100 valence electrons. The number of hydrogen-bond acceptors (Lipinski definition) is 5. The second-order valence-corrected chi connectivity index (χ2v) is 6.04. The van der Waals surface area contributed by atoms with Crippen molar-refractivity contribution >= 4 is 28.8 Å². The topological polar surface area (TPSA) is 63.9 Å². The number of carbonyl (C=O) groups excluding carboxylic acids is 1. The lowest BCUT2D eigenvalue weighted by molar-refractivity contribution is 0.0722. The van der Waals surface area contributed by atoms with Crippen molar-refractivity contribution in [3.8, 4) is 0 Å². The van der Waals surface area contributed by atoms with E-state index in [1.54, 1.807) is 11.1 Å². The maximum absolute atomic E-state index is 12.4. The Morgan fingerprint density at radius 2 is 2.37 bits per heavy atom. The molecule has 1 aliphatic carbocycles. The average molecular weight is 298 g/mol. The van der Waals surface area contributed by atoms with E-state index in [9.17, 15) is 4.79 Å². The summed E-state index contributed by atoms with van der Waals surface area (Å²) in [5.41, 5.74) is 0. The third-order valence-corrected chi connectivity index (χ3v) is 4.07. The van der Waals surface area contributed by atoms with Crippen LogP contribution in [0.25, 0.3) is 0 Å². The van der Waals surface area contributed by atoms with Gasteiger partial charge in [-0.3, -0.25) is 4.79 Å². The fourth-order valence-electron chi connectivity index (χ4n) is 1.87. The lowest BCUT2D eigenvalue weighted by Crippen LogP contribution is -2.33. The molecule has 0 radical (unpaired) electrons. The fraction of sp³-hybridized carbons (Fsp3) is 0.455. The molecule has 2 heterocycles. The van der Waals surface area contributed by atoms with Crippen molar-refractivity contribution in [1.82, 2.24) is 24.6 Å². The van der Waals surface area contributed by atoms with Gasteiger partial charge in [0, 0.05) is 25.5 Å². The number of amides is 1. The zero-order valence-corrected chi connectivity index (χ0v) is 11.9. The van der Waals surface area contributed by atoms with Crippen molar-refractivity contribution in [2.45, 2.75) is 25.4 Å². The van der Waals surface area contributed by atoms with Gasteiger partial charge >= 0.3 is 0 Å². The van der Waals surface area contributed by atoms with E-state index in [1.165, 1.54) is 0 Å². The number of rotatable bonds is 4. The average Bonchev–Trinajstić information content (AvgIpc) is 3.01. The van der Waals surface area contributed by atoms with Gasteiger partial charge in [0.25, 0.3) is 5.91 Å². The first-order valence-corrected chi connectivity index (χ1v) is 7.11. The number of halogens is 1. The van der Waals surface area contributed by atoms with Crippen LogP contribution in [0.4, 0.5) is 0 Å². The smallest absolute Gasteiger partial charge is 0.285 e. The van der Waals surface area contributed by atoms with Crippen molar-refractivity contribution in [2.75, 3.05) is 0 Å². The van der Waals surface area contributed by atoms with Crippen molar-refractivity contribution in [1.29, 1.82) is 0 Å². The second-order valence-electron chi connectivity index (χ2n) is 4.48. The van der Waals surface area contributed by atoms with Crippen LogP contribution >= 0.6 is 22.9 Å². The lowest BCUT2D eigenvalue weighted by Gasteiger charge is -2.20. The van der Waals surface area contributed by atoms with E-state index in [0.717, 1.165) is 30.0 Å². The molecule has 0 spiro atoms. The van der Waals surface area contributed by atoms with Crippen LogP contribution < -0.4 is 0 Å². The van der Waals surface area contributed by atoms with Crippen molar-refractivity contribution < 1.29 is 4.79 Å². The number of aryl methyl sites for hydroxylation is 1. The number of carbonyl (C=O) groups is 1. The largest absolute Gasteiger partial charge is 0.337 e. The Hall–Kier alpha value is -1.47. The fourth-order valence-corrected chi connectivity index (χ4v) is 2.65. The molecule has 2 aromatic rings. The van der Waals surface area contributed by atoms with Gasteiger partial charge in [0.1, 0.15) is 5.82 Å². The predicted octanol–water partition coefficient (Wildman–Crippen LogP) is 1.73. The molecule has 19 heavy (non-hydrogen) atoms. The van der Waals surface area contributed by atoms with Gasteiger partial charge in [-0.2, -0.15) is 0 Å². The molecule has 1 fully saturated rings. The Bertz CT molecular complexity index is 606. The Labute approximate surface area is 119 Å². The van der Waals surface area contributed by atoms with Crippen LogP contribution in [0.2, 0.25) is 4.47 Å². The third-order valence-electron chi connectivity index (χ3n) is 3.06. The Balaban J connectivity index is 1.81. The lowest BCUT2D eigenvalue weighted by atomic mass is 10.4. The van der Waals surface area contributed by atoms with Gasteiger partial charge in [-0.15, -0.1) is 10.2 Å². The Morgan fingerprint density at radius 1 is 1.58 bits per heavy atom. The Morgan fingerprint density at radius 3 is 2.89 bits per heavy atom. The summed E-state index contributed by atoms with van der Waals surface area (Å²) in [6.45, 7) is 0.490. The molecule has 0 atom stereocenters. The number of hydrogen-bond donors (Lipinski definition) is 0. The highest BCUT2D eigenvalue weighted by Gasteiger charge is 2.35. The number of nitrogens with zero attached hydrogens (tertiary/aromatic N) is 5. The molecule has 0 aliphatic heterocycles. The summed E-state index contributed by atoms with van der Waals surface area (Å²) < 4.78 is 2.20. The molecule has 0 bridgehead atoms. The van der Waals surface area contributed by atoms with E-state index in [1.807, 2.05) is 17.8 Å². The summed E-state index contributed by atoms with van der Waals surface area (Å²) in [6, 6.07) is 0.284. The first kappa shape index (κ1) is 12.6. The summed E-state index contributed by atoms with van der Waals surface area (Å²) >= 11 is 6.84. The second kappa shape index (κ2) is 4.90. The van der Waals surface area contributed by atoms with Crippen LogP contribution in [0.1, 0.15) is 28.5 Å². The van der Waals surface area contributed by atoms with Crippen LogP contribution in [0.3, 0.4) is 0 Å². The van der Waals surface area contributed by atoms with Crippen LogP contribution in [0.5, 0.6) is 0 Å². The third kappa shape index (κ3) is 2.62. The van der Waals surface area contributed by atoms with E-state index in [0.29, 0.717) is 11.6 Å². The zero-order valence-electron chi connectivity index (χ0n) is 10.3. The van der Waals surface area contributed by atoms with Gasteiger partial charge in [0.05, 0.1) is 6.54 Å². The highest BCUT2D eigenvalue weighted by molar-refractivity contribution is 7.17. The predicted molar refractivity (Wildman–Crippen MR) is 71.0 cm³/mol. The summed E-state index contributed by atoms with van der Waals surface area (Å²) in [5, 5.41) is 7.84. The monoisotopic (exact) mass is 297 g/mol. The standard InChI is InChI=1S/C11H12ClN5OS/c1-16-5-4-13-8(16)6-17(7-2-3-7)10(18)9-14-15-11(12)19-9/h4-5,7H,2-3,6H2,1H3. The first-order valence-electron chi connectivity index (χ1n) is 5.91. The SMILES string of the molecule is Cn1ccnc1CN(C(=O)c1nnc(Cl)s1)C1CC1. The van der Waals surface area contributed by atoms with Crippen molar-refractivity contribution in [3.63, 3.8) is 0 Å². The van der Waals surface area contributed by atoms with Crippen molar-refractivity contribution in [2.24, 2.45) is 7.05 Å². The maximum Gasteiger partial charge on any atom is 0.285 e. The molecule has 1 aliphatic rings. The quantitative estimate of drug-likeness (QED) is 0.862. The molecule has 0 N–H and O–H groups in total. The highest BCUT2D eigenvalue weighted by Crippen LogP contribution is 2.30. The molecular formula is C11H12ClN5OS. The van der Waals surface area contributed by atoms with Gasteiger partial charge < -0.3 is 9.47 Å². The molecule has 1 amide bonds. The summed E-state index contributed by atoms with van der Waals surface area (Å²) in [6.07, 6.45) is 5.66. The summed E-state index contributed by atoms with van der Waals surface area (Å²) in [4.78, 5) is 18.5. The van der Waals surface area contributed by atoms with E-state index in [-0.39, 0.29) is 16.4 Å². The first-order chi connectivity index (χ1) is 9.15. The normalized spacial score (nSPS) is 14.6. The Kier molecular flexibility index (Phi) is 3.24. The minimum atomic E-state index is -0.116. The molecule has 2 aromatic heterocycles. The molecule has 1 saturated carbocycles. The van der Waals surface area contributed by atoms with Gasteiger partial charge in [-0.05, 0) is 24.4 Å². The summed E-state index contributed by atoms with van der Waals surface area (Å²) in [5.74, 6) is 0.741.